The highest BCUT2D eigenvalue weighted by atomic mass is 16.6. The molecule has 0 aliphatic heterocycles. The van der Waals surface area contributed by atoms with Crippen molar-refractivity contribution < 1.29 is 14.3 Å². The highest BCUT2D eigenvalue weighted by Gasteiger charge is 2.33. The van der Waals surface area contributed by atoms with E-state index in [9.17, 15) is 4.79 Å². The van der Waals surface area contributed by atoms with E-state index in [-0.39, 0.29) is 0 Å². The Morgan fingerprint density at radius 3 is 2.00 bits per heavy atom. The summed E-state index contributed by atoms with van der Waals surface area (Å²) in [5.74, 6) is 0.375. The maximum atomic E-state index is 11.5. The molecular formula is C26H34O3. The summed E-state index contributed by atoms with van der Waals surface area (Å²) in [6.07, 6.45) is 5.32. The smallest absolute Gasteiger partial charge is 0.330 e. The second-order valence-electron chi connectivity index (χ2n) is 8.75. The maximum absolute atomic E-state index is 11.5. The van der Waals surface area contributed by atoms with E-state index in [1.807, 2.05) is 39.8 Å². The second-order valence-corrected chi connectivity index (χ2v) is 8.75. The highest BCUT2D eigenvalue weighted by molar-refractivity contribution is 5.81. The molecule has 2 aromatic rings. The van der Waals surface area contributed by atoms with E-state index in [1.54, 1.807) is 0 Å². The fourth-order valence-electron chi connectivity index (χ4n) is 3.69. The van der Waals surface area contributed by atoms with Gasteiger partial charge in [-0.15, -0.1) is 0 Å². The molecule has 0 heterocycles. The van der Waals surface area contributed by atoms with Crippen LogP contribution in [0.15, 0.2) is 61.2 Å². The number of ether oxygens (including phenoxy) is 2. The van der Waals surface area contributed by atoms with Crippen LogP contribution >= 0.6 is 0 Å². The molecule has 2 rings (SSSR count). The Kier molecular flexibility index (Phi) is 7.66. The van der Waals surface area contributed by atoms with Gasteiger partial charge in [-0.25, -0.2) is 4.79 Å². The molecule has 0 fully saturated rings. The van der Waals surface area contributed by atoms with Gasteiger partial charge >= 0.3 is 5.97 Å². The minimum absolute atomic E-state index is 0.420. The van der Waals surface area contributed by atoms with Gasteiger partial charge in [0.2, 0.25) is 0 Å². The summed E-state index contributed by atoms with van der Waals surface area (Å²) in [4.78, 5) is 11.5. The largest absolute Gasteiger partial charge is 0.488 e. The molecule has 0 aliphatic carbocycles. The predicted molar refractivity (Wildman–Crippen MR) is 120 cm³/mol. The highest BCUT2D eigenvalue weighted by Crippen LogP contribution is 2.30. The van der Waals surface area contributed by atoms with Crippen molar-refractivity contribution in [3.8, 4) is 16.9 Å². The minimum Gasteiger partial charge on any atom is -0.488 e. The molecule has 0 N–H and O–H groups in total. The van der Waals surface area contributed by atoms with Crippen LogP contribution in [0.3, 0.4) is 0 Å². The monoisotopic (exact) mass is 394 g/mol. The van der Waals surface area contributed by atoms with Gasteiger partial charge in [0.1, 0.15) is 17.0 Å². The van der Waals surface area contributed by atoms with E-state index in [2.05, 4.69) is 49.9 Å². The lowest BCUT2D eigenvalue weighted by atomic mass is 9.92. The summed E-state index contributed by atoms with van der Waals surface area (Å²) >= 11 is 0. The van der Waals surface area contributed by atoms with Gasteiger partial charge < -0.3 is 9.47 Å². The number of hydrogen-bond acceptors (Lipinski definition) is 3. The van der Waals surface area contributed by atoms with Crippen LogP contribution in [0.2, 0.25) is 0 Å². The summed E-state index contributed by atoms with van der Waals surface area (Å²) in [5, 5.41) is 0. The van der Waals surface area contributed by atoms with E-state index in [0.717, 1.165) is 17.7 Å². The number of hydrogen-bond donors (Lipinski definition) is 0. The van der Waals surface area contributed by atoms with Gasteiger partial charge in [-0.05, 0) is 69.4 Å². The SMILES string of the molecule is C=CC(=O)OC(C)(C)CC(C)(C)Oc1ccc(-c2ccc(CCCC)cc2)cc1. The molecule has 3 nitrogen and oxygen atoms in total. The van der Waals surface area contributed by atoms with E-state index >= 15 is 0 Å². The second kappa shape index (κ2) is 9.78. The van der Waals surface area contributed by atoms with Crippen LogP contribution in [0.25, 0.3) is 11.1 Å². The molecule has 0 saturated carbocycles. The van der Waals surface area contributed by atoms with E-state index in [0.29, 0.717) is 6.42 Å². The molecule has 0 aromatic heterocycles. The Hall–Kier alpha value is -2.55. The van der Waals surface area contributed by atoms with Crippen LogP contribution in [0.4, 0.5) is 0 Å². The molecule has 0 radical (unpaired) electrons. The predicted octanol–water partition coefficient (Wildman–Crippen LogP) is 6.75. The summed E-state index contributed by atoms with van der Waals surface area (Å²) < 4.78 is 11.6. The lowest BCUT2D eigenvalue weighted by molar-refractivity contribution is -0.154. The van der Waals surface area contributed by atoms with Gasteiger partial charge in [-0.1, -0.05) is 56.3 Å². The van der Waals surface area contributed by atoms with E-state index in [1.165, 1.54) is 30.0 Å². The van der Waals surface area contributed by atoms with Crippen molar-refractivity contribution >= 4 is 5.97 Å². The first kappa shape index (κ1) is 22.7. The van der Waals surface area contributed by atoms with Crippen LogP contribution in [-0.2, 0) is 16.0 Å². The number of benzene rings is 2. The molecule has 156 valence electrons. The molecule has 0 aliphatic rings. The first-order valence-corrected chi connectivity index (χ1v) is 10.4. The zero-order chi connectivity index (χ0) is 21.5. The van der Waals surface area contributed by atoms with Crippen molar-refractivity contribution in [1.82, 2.24) is 0 Å². The number of esters is 1. The molecule has 0 spiro atoms. The summed E-state index contributed by atoms with van der Waals surface area (Å²) in [6.45, 7) is 13.4. The Balaban J connectivity index is 2.02. The van der Waals surface area contributed by atoms with Crippen molar-refractivity contribution in [2.24, 2.45) is 0 Å². The summed E-state index contributed by atoms with van der Waals surface area (Å²) in [7, 11) is 0. The first-order valence-electron chi connectivity index (χ1n) is 10.4. The van der Waals surface area contributed by atoms with E-state index in [4.69, 9.17) is 9.47 Å². The molecule has 2 aromatic carbocycles. The fraction of sp³-hybridized carbons (Fsp3) is 0.423. The number of aryl methyl sites for hydroxylation is 1. The Bertz CT molecular complexity index is 799. The molecule has 29 heavy (non-hydrogen) atoms. The van der Waals surface area contributed by atoms with Gasteiger partial charge in [0.05, 0.1) is 0 Å². The number of carbonyl (C=O) groups is 1. The Morgan fingerprint density at radius 1 is 0.931 bits per heavy atom. The third-order valence-corrected chi connectivity index (χ3v) is 4.75. The number of rotatable bonds is 10. The molecule has 3 heteroatoms. The topological polar surface area (TPSA) is 35.5 Å². The summed E-state index contributed by atoms with van der Waals surface area (Å²) in [5.41, 5.74) is 2.62. The normalized spacial score (nSPS) is 11.8. The van der Waals surface area contributed by atoms with Crippen LogP contribution in [0.5, 0.6) is 5.75 Å². The minimum atomic E-state index is -0.645. The van der Waals surface area contributed by atoms with Gasteiger partial charge in [-0.3, -0.25) is 0 Å². The first-order chi connectivity index (χ1) is 13.6. The lowest BCUT2D eigenvalue weighted by Gasteiger charge is -2.34. The summed E-state index contributed by atoms with van der Waals surface area (Å²) in [6, 6.07) is 16.9. The van der Waals surface area contributed by atoms with Crippen LogP contribution in [0.1, 0.15) is 59.4 Å². The average molecular weight is 395 g/mol. The maximum Gasteiger partial charge on any atom is 0.330 e. The average Bonchev–Trinajstić information content (AvgIpc) is 2.65. The quantitative estimate of drug-likeness (QED) is 0.330. The van der Waals surface area contributed by atoms with E-state index < -0.39 is 17.2 Å². The van der Waals surface area contributed by atoms with Crippen LogP contribution < -0.4 is 4.74 Å². The molecule has 0 atom stereocenters. The third kappa shape index (κ3) is 7.41. The van der Waals surface area contributed by atoms with Crippen molar-refractivity contribution in [3.63, 3.8) is 0 Å². The molecular weight excluding hydrogens is 360 g/mol. The Labute approximate surface area is 175 Å². The molecule has 0 bridgehead atoms. The van der Waals surface area contributed by atoms with Crippen molar-refractivity contribution in [1.29, 1.82) is 0 Å². The van der Waals surface area contributed by atoms with Crippen LogP contribution in [0, 0.1) is 0 Å². The molecule has 0 saturated heterocycles. The number of unbranched alkanes of at least 4 members (excludes halogenated alkanes) is 1. The number of carbonyl (C=O) groups excluding carboxylic acids is 1. The zero-order valence-electron chi connectivity index (χ0n) is 18.5. The van der Waals surface area contributed by atoms with Gasteiger partial charge in [0.25, 0.3) is 0 Å². The molecule has 0 unspecified atom stereocenters. The Morgan fingerprint density at radius 2 is 1.48 bits per heavy atom. The van der Waals surface area contributed by atoms with Crippen LogP contribution in [-0.4, -0.2) is 17.2 Å². The zero-order valence-corrected chi connectivity index (χ0v) is 18.5. The van der Waals surface area contributed by atoms with Crippen molar-refractivity contribution in [2.45, 2.75) is 71.5 Å². The van der Waals surface area contributed by atoms with Gasteiger partial charge in [0.15, 0.2) is 0 Å². The standard InChI is InChI=1S/C26H34O3/c1-7-9-10-20-11-13-21(14-12-20)22-15-17-23(18-16-22)28-25(3,4)19-26(5,6)29-24(27)8-2/h8,11-18H,2,7,9-10,19H2,1,3-6H3. The molecule has 0 amide bonds. The third-order valence-electron chi connectivity index (χ3n) is 4.75. The lowest BCUT2D eigenvalue weighted by Crippen LogP contribution is -2.40. The van der Waals surface area contributed by atoms with Gasteiger partial charge in [-0.2, -0.15) is 0 Å². The fourth-order valence-corrected chi connectivity index (χ4v) is 3.69. The van der Waals surface area contributed by atoms with Crippen molar-refractivity contribution in [2.75, 3.05) is 0 Å². The van der Waals surface area contributed by atoms with Crippen molar-refractivity contribution in [3.05, 3.63) is 66.7 Å². The van der Waals surface area contributed by atoms with Gasteiger partial charge in [0, 0.05) is 12.5 Å².